The number of ether oxygens (including phenoxy) is 1. The number of amides is 1. The zero-order valence-electron chi connectivity index (χ0n) is 27.4. The molecule has 11 nitrogen and oxygen atoms in total. The Balaban J connectivity index is 1.14. The van der Waals surface area contributed by atoms with Gasteiger partial charge in [0.15, 0.2) is 11.6 Å². The Morgan fingerprint density at radius 2 is 1.94 bits per heavy atom. The molecular formula is C36H36ClFN8O3. The summed E-state index contributed by atoms with van der Waals surface area (Å²) in [6.07, 6.45) is 9.66. The Bertz CT molecular complexity index is 2090. The van der Waals surface area contributed by atoms with Crippen LogP contribution in [0.2, 0.25) is 5.02 Å². The first-order valence-electron chi connectivity index (χ1n) is 16.7. The van der Waals surface area contributed by atoms with Crippen LogP contribution in [0.15, 0.2) is 53.2 Å². The summed E-state index contributed by atoms with van der Waals surface area (Å²) in [5.41, 5.74) is 0.823. The second kappa shape index (κ2) is 12.6. The molecule has 252 valence electrons. The Hall–Kier alpha value is -4.68. The first-order chi connectivity index (χ1) is 23.8. The fourth-order valence-corrected chi connectivity index (χ4v) is 8.04. The molecule has 3 aliphatic rings. The van der Waals surface area contributed by atoms with Gasteiger partial charge in [0.25, 0.3) is 5.89 Å². The zero-order valence-corrected chi connectivity index (χ0v) is 28.2. The van der Waals surface area contributed by atoms with Crippen LogP contribution in [0.3, 0.4) is 0 Å². The van der Waals surface area contributed by atoms with E-state index in [0.29, 0.717) is 53.7 Å². The number of aryl methyl sites for hydroxylation is 1. The predicted molar refractivity (Wildman–Crippen MR) is 185 cm³/mol. The fraction of sp³-hybridized carbons (Fsp3) is 0.389. The zero-order chi connectivity index (χ0) is 33.7. The van der Waals surface area contributed by atoms with E-state index in [9.17, 15) is 4.79 Å². The van der Waals surface area contributed by atoms with Gasteiger partial charge in [0.1, 0.15) is 23.6 Å². The molecule has 13 heteroatoms. The summed E-state index contributed by atoms with van der Waals surface area (Å²) in [6, 6.07) is 11.3. The summed E-state index contributed by atoms with van der Waals surface area (Å²) >= 11 is 6.63. The summed E-state index contributed by atoms with van der Waals surface area (Å²) < 4.78 is 28.3. The van der Waals surface area contributed by atoms with E-state index >= 15 is 4.39 Å². The van der Waals surface area contributed by atoms with Gasteiger partial charge in [-0.05, 0) is 63.6 Å². The maximum atomic E-state index is 16.8. The highest BCUT2D eigenvalue weighted by Gasteiger charge is 2.45. The number of likely N-dealkylation sites (N-methyl/N-ethyl adjacent to an activating group) is 1. The summed E-state index contributed by atoms with van der Waals surface area (Å²) in [6.45, 7) is 5.28. The van der Waals surface area contributed by atoms with Crippen molar-refractivity contribution >= 4 is 51.1 Å². The van der Waals surface area contributed by atoms with Crippen LogP contribution in [0.1, 0.15) is 43.8 Å². The van der Waals surface area contributed by atoms with Gasteiger partial charge in [0, 0.05) is 60.5 Å². The molecule has 5 aromatic rings. The molecule has 1 unspecified atom stereocenters. The molecule has 0 N–H and O–H groups in total. The first kappa shape index (κ1) is 31.6. The van der Waals surface area contributed by atoms with Gasteiger partial charge in [-0.3, -0.25) is 14.7 Å². The molecular weight excluding hydrogens is 647 g/mol. The van der Waals surface area contributed by atoms with Crippen molar-refractivity contribution in [2.75, 3.05) is 44.7 Å². The Morgan fingerprint density at radius 3 is 2.71 bits per heavy atom. The Labute approximate surface area is 287 Å². The van der Waals surface area contributed by atoms with Gasteiger partial charge >= 0.3 is 6.01 Å². The molecule has 6 heterocycles. The molecule has 0 spiro atoms. The van der Waals surface area contributed by atoms with Gasteiger partial charge in [0.2, 0.25) is 5.91 Å². The van der Waals surface area contributed by atoms with Crippen molar-refractivity contribution in [2.45, 2.75) is 50.6 Å². The van der Waals surface area contributed by atoms with Gasteiger partial charge in [-0.15, -0.1) is 0 Å². The number of halogens is 2. The Morgan fingerprint density at radius 1 is 1.14 bits per heavy atom. The van der Waals surface area contributed by atoms with Gasteiger partial charge in [-0.2, -0.15) is 15.0 Å². The number of anilines is 1. The van der Waals surface area contributed by atoms with Crippen LogP contribution >= 0.6 is 11.6 Å². The summed E-state index contributed by atoms with van der Waals surface area (Å²) in [5, 5.41) is 6.34. The average molecular weight is 683 g/mol. The van der Waals surface area contributed by atoms with Crippen LogP contribution in [-0.2, 0) is 4.79 Å². The van der Waals surface area contributed by atoms with Crippen LogP contribution in [0.5, 0.6) is 6.01 Å². The number of pyridine rings is 1. The van der Waals surface area contributed by atoms with E-state index < -0.39 is 5.82 Å². The lowest BCUT2D eigenvalue weighted by molar-refractivity contribution is -0.124. The maximum absolute atomic E-state index is 16.8. The first-order valence-corrected chi connectivity index (χ1v) is 17.1. The summed E-state index contributed by atoms with van der Waals surface area (Å²) in [5.74, 6) is 0.538. The molecule has 3 saturated heterocycles. The Kier molecular flexibility index (Phi) is 8.15. The highest BCUT2D eigenvalue weighted by Crippen LogP contribution is 2.40. The molecule has 0 radical (unpaired) electrons. The van der Waals surface area contributed by atoms with Crippen LogP contribution < -0.4 is 9.64 Å². The number of hydrogen-bond donors (Lipinski definition) is 0. The van der Waals surface area contributed by atoms with Crippen molar-refractivity contribution in [1.29, 1.82) is 0 Å². The second-order valence-electron chi connectivity index (χ2n) is 13.2. The largest absolute Gasteiger partial charge is 0.461 e. The molecule has 0 bridgehead atoms. The van der Waals surface area contributed by atoms with E-state index in [1.807, 2.05) is 42.3 Å². The second-order valence-corrected chi connectivity index (χ2v) is 13.6. The number of aromatic nitrogens is 5. The van der Waals surface area contributed by atoms with Gasteiger partial charge in [-0.25, -0.2) is 4.39 Å². The third-order valence-electron chi connectivity index (χ3n) is 10.3. The number of fused-ring (bicyclic) bond motifs is 3. The van der Waals surface area contributed by atoms with Gasteiger partial charge < -0.3 is 19.1 Å². The number of carbonyl (C=O) groups is 1. The van der Waals surface area contributed by atoms with Crippen LogP contribution in [-0.4, -0.2) is 92.2 Å². The number of nitrogens with zero attached hydrogens (tertiary/aromatic N) is 8. The SMILES string of the molecule is Cc1noc(/C=C/C(=O)N2CCC(N(C)c3nc(OCC45CCCN4CCC5)nc4c(F)c(-c5cccc6cccc(Cl)c56)ncc34)C2)n1. The highest BCUT2D eigenvalue weighted by atomic mass is 35.5. The number of carbonyl (C=O) groups excluding carboxylic acids is 1. The van der Waals surface area contributed by atoms with Crippen LogP contribution in [0, 0.1) is 12.7 Å². The van der Waals surface area contributed by atoms with E-state index in [2.05, 4.69) is 25.0 Å². The minimum Gasteiger partial charge on any atom is -0.461 e. The van der Waals surface area contributed by atoms with Crippen molar-refractivity contribution in [3.8, 4) is 17.3 Å². The molecule has 2 aromatic carbocycles. The molecule has 3 aromatic heterocycles. The van der Waals surface area contributed by atoms with Crippen LogP contribution in [0.25, 0.3) is 39.0 Å². The third-order valence-corrected chi connectivity index (χ3v) is 10.6. The quantitative estimate of drug-likeness (QED) is 0.178. The van der Waals surface area contributed by atoms with E-state index in [1.165, 1.54) is 12.2 Å². The van der Waals surface area contributed by atoms with Crippen LogP contribution in [0.4, 0.5) is 10.2 Å². The normalized spacial score (nSPS) is 19.0. The monoisotopic (exact) mass is 682 g/mol. The third kappa shape index (κ3) is 5.76. The maximum Gasteiger partial charge on any atom is 0.319 e. The molecule has 3 aliphatic heterocycles. The van der Waals surface area contributed by atoms with Crippen molar-refractivity contribution in [3.63, 3.8) is 0 Å². The number of likely N-dealkylation sites (tertiary alicyclic amines) is 1. The predicted octanol–water partition coefficient (Wildman–Crippen LogP) is 6.09. The number of benzene rings is 2. The fourth-order valence-electron chi connectivity index (χ4n) is 7.76. The van der Waals surface area contributed by atoms with Crippen molar-refractivity contribution in [3.05, 3.63) is 71.2 Å². The summed E-state index contributed by atoms with van der Waals surface area (Å²) in [4.78, 5) is 37.6. The van der Waals surface area contributed by atoms with Crippen molar-refractivity contribution in [2.24, 2.45) is 0 Å². The van der Waals surface area contributed by atoms with E-state index in [1.54, 1.807) is 24.1 Å². The van der Waals surface area contributed by atoms with E-state index in [4.69, 9.17) is 25.8 Å². The van der Waals surface area contributed by atoms with E-state index in [-0.39, 0.29) is 40.6 Å². The van der Waals surface area contributed by atoms with Crippen molar-refractivity contribution in [1.82, 2.24) is 34.9 Å². The number of rotatable bonds is 8. The molecule has 0 saturated carbocycles. The van der Waals surface area contributed by atoms with Gasteiger partial charge in [0.05, 0.1) is 10.9 Å². The lowest BCUT2D eigenvalue weighted by atomic mass is 9.95. The molecule has 1 amide bonds. The lowest BCUT2D eigenvalue weighted by Crippen LogP contribution is -2.43. The van der Waals surface area contributed by atoms with Gasteiger partial charge in [-0.1, -0.05) is 47.1 Å². The summed E-state index contributed by atoms with van der Waals surface area (Å²) in [7, 11) is 1.91. The molecule has 0 aliphatic carbocycles. The standard InChI is InChI=1S/C36H36ClFN8O3/c1-22-40-28(49-43-22)11-12-29(47)45-18-13-24(20-45)44(2)34-26-19-39-32(25-9-3-7-23-8-4-10-27(37)30(23)25)31(38)33(26)41-35(42-34)48-21-36-14-5-16-46(36)17-6-15-36/h3-4,7-12,19,24H,5-6,13-18,20-21H2,1-2H3/b12-11+. The highest BCUT2D eigenvalue weighted by molar-refractivity contribution is 6.36. The van der Waals surface area contributed by atoms with Crippen molar-refractivity contribution < 1.29 is 18.4 Å². The topological polar surface area (TPSA) is 114 Å². The smallest absolute Gasteiger partial charge is 0.319 e. The molecule has 8 rings (SSSR count). The minimum atomic E-state index is -0.571. The average Bonchev–Trinajstić information content (AvgIpc) is 3.91. The molecule has 49 heavy (non-hydrogen) atoms. The molecule has 3 fully saturated rings. The number of hydrogen-bond acceptors (Lipinski definition) is 10. The van der Waals surface area contributed by atoms with E-state index in [0.717, 1.165) is 49.5 Å². The minimum absolute atomic E-state index is 0.0359. The lowest BCUT2D eigenvalue weighted by Gasteiger charge is -2.31. The molecule has 1 atom stereocenters.